The van der Waals surface area contributed by atoms with Gasteiger partial charge < -0.3 is 4.74 Å². The first-order valence-corrected chi connectivity index (χ1v) is 7.44. The van der Waals surface area contributed by atoms with Crippen LogP contribution < -0.4 is 10.2 Å². The van der Waals surface area contributed by atoms with E-state index in [0.717, 1.165) is 9.35 Å². The van der Waals surface area contributed by atoms with Crippen LogP contribution in [0.25, 0.3) is 0 Å². The van der Waals surface area contributed by atoms with Crippen LogP contribution in [0.15, 0.2) is 39.9 Å². The molecule has 0 aliphatic rings. The van der Waals surface area contributed by atoms with Gasteiger partial charge in [-0.15, -0.1) is 11.3 Å². The molecule has 0 aliphatic heterocycles. The van der Waals surface area contributed by atoms with E-state index < -0.39 is 0 Å². The highest BCUT2D eigenvalue weighted by molar-refractivity contribution is 9.10. The van der Waals surface area contributed by atoms with E-state index in [1.807, 2.05) is 19.1 Å². The van der Waals surface area contributed by atoms with E-state index in [4.69, 9.17) is 4.74 Å². The van der Waals surface area contributed by atoms with Crippen molar-refractivity contribution >= 4 is 39.4 Å². The second-order valence-corrected chi connectivity index (χ2v) is 6.17. The number of aryl methyl sites for hydroxylation is 1. The quantitative estimate of drug-likeness (QED) is 0.675. The molecule has 0 spiro atoms. The molecule has 1 N–H and O–H groups in total. The van der Waals surface area contributed by atoms with Crippen molar-refractivity contribution in [3.8, 4) is 5.75 Å². The normalized spacial score (nSPS) is 10.8. The van der Waals surface area contributed by atoms with Crippen molar-refractivity contribution in [2.45, 2.75) is 6.92 Å². The van der Waals surface area contributed by atoms with Gasteiger partial charge in [0, 0.05) is 15.3 Å². The lowest BCUT2D eigenvalue weighted by molar-refractivity contribution is 0.0955. The third kappa shape index (κ3) is 3.68. The molecular weight excluding hydrogens is 340 g/mol. The van der Waals surface area contributed by atoms with Gasteiger partial charge in [0.2, 0.25) is 0 Å². The molecule has 0 saturated carbocycles. The summed E-state index contributed by atoms with van der Waals surface area (Å²) in [5.74, 6) is 0.414. The Labute approximate surface area is 129 Å². The zero-order valence-corrected chi connectivity index (χ0v) is 13.4. The number of nitrogens with zero attached hydrogens (tertiary/aromatic N) is 1. The number of hydrazone groups is 1. The Morgan fingerprint density at radius 2 is 2.20 bits per heavy atom. The predicted octanol–water partition coefficient (Wildman–Crippen LogP) is 3.59. The first-order chi connectivity index (χ1) is 9.60. The molecule has 1 heterocycles. The number of methoxy groups -OCH3 is 1. The fraction of sp³-hybridized carbons (Fsp3) is 0.143. The van der Waals surface area contributed by atoms with Crippen molar-refractivity contribution in [2.24, 2.45) is 5.10 Å². The molecular formula is C14H13BrN2O2S. The molecule has 1 aromatic carbocycles. The monoisotopic (exact) mass is 352 g/mol. The zero-order chi connectivity index (χ0) is 14.5. The largest absolute Gasteiger partial charge is 0.496 e. The molecule has 0 atom stereocenters. The van der Waals surface area contributed by atoms with Gasteiger partial charge in [-0.1, -0.05) is 0 Å². The number of hydrogen-bond donors (Lipinski definition) is 1. The van der Waals surface area contributed by atoms with Gasteiger partial charge in [0.15, 0.2) is 0 Å². The summed E-state index contributed by atoms with van der Waals surface area (Å²) in [5.41, 5.74) is 3.01. The topological polar surface area (TPSA) is 50.7 Å². The van der Waals surface area contributed by atoms with Crippen molar-refractivity contribution in [1.29, 1.82) is 0 Å². The van der Waals surface area contributed by atoms with Crippen LogP contribution in [0.2, 0.25) is 0 Å². The number of nitrogens with one attached hydrogen (secondary N) is 1. The molecule has 0 unspecified atom stereocenters. The van der Waals surface area contributed by atoms with E-state index in [1.165, 1.54) is 4.88 Å². The molecule has 0 aliphatic carbocycles. The molecule has 0 radical (unpaired) electrons. The van der Waals surface area contributed by atoms with Crippen LogP contribution in [0, 0.1) is 6.92 Å². The first kappa shape index (κ1) is 14.7. The number of ether oxygens (including phenoxy) is 1. The highest BCUT2D eigenvalue weighted by atomic mass is 79.9. The van der Waals surface area contributed by atoms with Crippen LogP contribution in [-0.4, -0.2) is 19.2 Å². The lowest BCUT2D eigenvalue weighted by Crippen LogP contribution is -2.17. The Hall–Kier alpha value is -1.66. The number of thiophene rings is 1. The average molecular weight is 353 g/mol. The number of benzene rings is 1. The Bertz CT molecular complexity index is 652. The van der Waals surface area contributed by atoms with Gasteiger partial charge in [-0.25, -0.2) is 5.43 Å². The fourth-order valence-electron chi connectivity index (χ4n) is 1.55. The van der Waals surface area contributed by atoms with Crippen LogP contribution in [-0.2, 0) is 0 Å². The van der Waals surface area contributed by atoms with Gasteiger partial charge in [0.05, 0.1) is 17.8 Å². The smallest absolute Gasteiger partial charge is 0.271 e. The van der Waals surface area contributed by atoms with Crippen molar-refractivity contribution < 1.29 is 9.53 Å². The summed E-state index contributed by atoms with van der Waals surface area (Å²) in [7, 11) is 1.58. The van der Waals surface area contributed by atoms with Gasteiger partial charge in [0.25, 0.3) is 5.91 Å². The first-order valence-electron chi connectivity index (χ1n) is 5.83. The Morgan fingerprint density at radius 1 is 1.40 bits per heavy atom. The minimum Gasteiger partial charge on any atom is -0.496 e. The van der Waals surface area contributed by atoms with E-state index in [1.54, 1.807) is 42.9 Å². The maximum atomic E-state index is 11.9. The number of halogens is 1. The van der Waals surface area contributed by atoms with Gasteiger partial charge in [-0.3, -0.25) is 4.79 Å². The number of amides is 1. The van der Waals surface area contributed by atoms with Gasteiger partial charge in [0.1, 0.15) is 5.75 Å². The van der Waals surface area contributed by atoms with Crippen LogP contribution >= 0.6 is 27.3 Å². The summed E-state index contributed by atoms with van der Waals surface area (Å²) in [6.07, 6.45) is 1.63. The van der Waals surface area contributed by atoms with Crippen LogP contribution in [0.1, 0.15) is 20.1 Å². The highest BCUT2D eigenvalue weighted by Crippen LogP contribution is 2.25. The molecule has 0 bridgehead atoms. The van der Waals surface area contributed by atoms with Crippen molar-refractivity contribution in [3.63, 3.8) is 0 Å². The summed E-state index contributed by atoms with van der Waals surface area (Å²) >= 11 is 4.96. The average Bonchev–Trinajstić information content (AvgIpc) is 2.84. The minimum absolute atomic E-state index is 0.266. The lowest BCUT2D eigenvalue weighted by Gasteiger charge is -2.05. The summed E-state index contributed by atoms with van der Waals surface area (Å²) in [5, 5.41) is 3.94. The summed E-state index contributed by atoms with van der Waals surface area (Å²) in [6, 6.07) is 9.07. The number of rotatable bonds is 4. The van der Waals surface area contributed by atoms with Gasteiger partial charge in [-0.2, -0.15) is 5.10 Å². The number of carbonyl (C=O) groups is 1. The third-order valence-electron chi connectivity index (χ3n) is 2.53. The molecule has 4 nitrogen and oxygen atoms in total. The fourth-order valence-corrected chi connectivity index (χ4v) is 2.84. The second kappa shape index (κ2) is 6.67. The molecule has 20 heavy (non-hydrogen) atoms. The summed E-state index contributed by atoms with van der Waals surface area (Å²) < 4.78 is 5.84. The van der Waals surface area contributed by atoms with Crippen LogP contribution in [0.5, 0.6) is 5.75 Å². The highest BCUT2D eigenvalue weighted by Gasteiger charge is 2.07. The maximum absolute atomic E-state index is 11.9. The molecule has 1 aromatic heterocycles. The lowest BCUT2D eigenvalue weighted by atomic mass is 10.2. The molecule has 104 valence electrons. The third-order valence-corrected chi connectivity index (χ3v) is 4.09. The Kier molecular flexibility index (Phi) is 4.92. The van der Waals surface area contributed by atoms with Gasteiger partial charge >= 0.3 is 0 Å². The van der Waals surface area contributed by atoms with E-state index in [0.29, 0.717) is 11.3 Å². The molecule has 1 amide bonds. The van der Waals surface area contributed by atoms with Crippen molar-refractivity contribution in [3.05, 3.63) is 50.1 Å². The van der Waals surface area contributed by atoms with Crippen LogP contribution in [0.4, 0.5) is 0 Å². The van der Waals surface area contributed by atoms with Gasteiger partial charge in [-0.05, 0) is 53.2 Å². The van der Waals surface area contributed by atoms with Crippen molar-refractivity contribution in [1.82, 2.24) is 5.43 Å². The van der Waals surface area contributed by atoms with Crippen molar-refractivity contribution in [2.75, 3.05) is 7.11 Å². The molecule has 6 heteroatoms. The van der Waals surface area contributed by atoms with E-state index >= 15 is 0 Å². The SMILES string of the molecule is COc1ccc(C(=O)N/N=C/c2ccc(C)s2)cc1Br. The number of hydrogen-bond acceptors (Lipinski definition) is 4. The second-order valence-electron chi connectivity index (χ2n) is 4.00. The van der Waals surface area contributed by atoms with Crippen LogP contribution in [0.3, 0.4) is 0 Å². The minimum atomic E-state index is -0.266. The summed E-state index contributed by atoms with van der Waals surface area (Å²) in [4.78, 5) is 14.1. The number of carbonyl (C=O) groups excluding carboxylic acids is 1. The maximum Gasteiger partial charge on any atom is 0.271 e. The molecule has 2 rings (SSSR count). The van der Waals surface area contributed by atoms with E-state index in [9.17, 15) is 4.79 Å². The Morgan fingerprint density at radius 3 is 2.80 bits per heavy atom. The van der Waals surface area contributed by atoms with E-state index in [2.05, 4.69) is 26.5 Å². The Balaban J connectivity index is 2.01. The molecule has 2 aromatic rings. The predicted molar refractivity (Wildman–Crippen MR) is 84.8 cm³/mol. The molecule has 0 saturated heterocycles. The summed E-state index contributed by atoms with van der Waals surface area (Å²) in [6.45, 7) is 2.02. The molecule has 0 fully saturated rings. The zero-order valence-electron chi connectivity index (χ0n) is 11.0. The standard InChI is InChI=1S/C14H13BrN2O2S/c1-9-3-5-11(20-9)8-16-17-14(18)10-4-6-13(19-2)12(15)7-10/h3-8H,1-2H3,(H,17,18)/b16-8+. The van der Waals surface area contributed by atoms with E-state index in [-0.39, 0.29) is 5.91 Å².